The Balaban J connectivity index is 2.05. The fraction of sp³-hybridized carbons (Fsp3) is 0.316. The molecule has 2 aromatic rings. The first kappa shape index (κ1) is 18.0. The van der Waals surface area contributed by atoms with E-state index in [1.54, 1.807) is 12.2 Å². The number of hydrogen-bond acceptors (Lipinski definition) is 5. The van der Waals surface area contributed by atoms with Gasteiger partial charge in [-0.3, -0.25) is 4.79 Å². The van der Waals surface area contributed by atoms with Gasteiger partial charge in [0, 0.05) is 12.0 Å². The molecule has 0 bridgehead atoms. The number of aliphatic hydroxyl groups excluding tert-OH is 2. The number of methoxy groups -OCH3 is 1. The van der Waals surface area contributed by atoms with Crippen molar-refractivity contribution in [2.45, 2.75) is 32.0 Å². The van der Waals surface area contributed by atoms with Crippen molar-refractivity contribution in [1.82, 2.24) is 0 Å². The van der Waals surface area contributed by atoms with E-state index in [1.807, 2.05) is 43.3 Å². The molecule has 2 atom stereocenters. The van der Waals surface area contributed by atoms with Crippen LogP contribution in [0.15, 0.2) is 46.9 Å². The fourth-order valence-electron chi connectivity index (χ4n) is 2.41. The summed E-state index contributed by atoms with van der Waals surface area (Å²) in [4.78, 5) is 11.1. The molecule has 0 aliphatic heterocycles. The fourth-order valence-corrected chi connectivity index (χ4v) is 2.41. The Bertz CT molecular complexity index is 687. The van der Waals surface area contributed by atoms with E-state index in [2.05, 4.69) is 4.74 Å². The number of aryl methyl sites for hydroxylation is 1. The molecule has 1 aromatic heterocycles. The SMILES string of the molecule is COC(=O)C[C@@H](O)C[C@H](O)C=Cc1oc(C)cc1-c1ccccc1. The molecule has 2 N–H and O–H groups in total. The van der Waals surface area contributed by atoms with Crippen LogP contribution in [0.5, 0.6) is 0 Å². The van der Waals surface area contributed by atoms with Gasteiger partial charge in [0.15, 0.2) is 0 Å². The lowest BCUT2D eigenvalue weighted by atomic mass is 10.0. The quantitative estimate of drug-likeness (QED) is 0.763. The van der Waals surface area contributed by atoms with Crippen LogP contribution in [-0.2, 0) is 9.53 Å². The van der Waals surface area contributed by atoms with Gasteiger partial charge in [-0.25, -0.2) is 0 Å². The highest BCUT2D eigenvalue weighted by molar-refractivity contribution is 5.73. The molecule has 0 saturated heterocycles. The van der Waals surface area contributed by atoms with Crippen LogP contribution in [-0.4, -0.2) is 35.5 Å². The van der Waals surface area contributed by atoms with Crippen LogP contribution in [0.4, 0.5) is 0 Å². The average molecular weight is 330 g/mol. The zero-order chi connectivity index (χ0) is 17.5. The van der Waals surface area contributed by atoms with Crippen LogP contribution >= 0.6 is 0 Å². The lowest BCUT2D eigenvalue weighted by Crippen LogP contribution is -2.20. The molecule has 0 fully saturated rings. The van der Waals surface area contributed by atoms with Crippen molar-refractivity contribution in [1.29, 1.82) is 0 Å². The minimum atomic E-state index is -0.955. The molecule has 2 rings (SSSR count). The molecule has 0 unspecified atom stereocenters. The van der Waals surface area contributed by atoms with E-state index in [-0.39, 0.29) is 12.8 Å². The Labute approximate surface area is 141 Å². The van der Waals surface area contributed by atoms with E-state index in [4.69, 9.17) is 4.42 Å². The summed E-state index contributed by atoms with van der Waals surface area (Å²) in [5, 5.41) is 19.7. The third-order valence-corrected chi connectivity index (χ3v) is 3.58. The van der Waals surface area contributed by atoms with Gasteiger partial charge < -0.3 is 19.4 Å². The molecule has 0 aliphatic carbocycles. The minimum Gasteiger partial charge on any atom is -0.469 e. The van der Waals surface area contributed by atoms with Crippen molar-refractivity contribution in [2.24, 2.45) is 0 Å². The van der Waals surface area contributed by atoms with Gasteiger partial charge in [0.25, 0.3) is 0 Å². The molecular formula is C19H22O5. The molecule has 5 nitrogen and oxygen atoms in total. The van der Waals surface area contributed by atoms with Crippen LogP contribution in [0.1, 0.15) is 24.4 Å². The van der Waals surface area contributed by atoms with E-state index >= 15 is 0 Å². The average Bonchev–Trinajstić information content (AvgIpc) is 2.94. The molecule has 5 heteroatoms. The highest BCUT2D eigenvalue weighted by Gasteiger charge is 2.15. The zero-order valence-corrected chi connectivity index (χ0v) is 13.8. The molecule has 1 aromatic carbocycles. The number of rotatable bonds is 7. The number of aliphatic hydroxyl groups is 2. The van der Waals surface area contributed by atoms with Gasteiger partial charge in [-0.2, -0.15) is 0 Å². The topological polar surface area (TPSA) is 79.9 Å². The second-order valence-electron chi connectivity index (χ2n) is 5.60. The summed E-state index contributed by atoms with van der Waals surface area (Å²) in [6.07, 6.45) is 1.29. The third-order valence-electron chi connectivity index (χ3n) is 3.58. The highest BCUT2D eigenvalue weighted by atomic mass is 16.5. The monoisotopic (exact) mass is 330 g/mol. The number of carbonyl (C=O) groups is 1. The van der Waals surface area contributed by atoms with Crippen LogP contribution in [0.3, 0.4) is 0 Å². The van der Waals surface area contributed by atoms with Gasteiger partial charge in [-0.1, -0.05) is 36.4 Å². The molecule has 0 spiro atoms. The zero-order valence-electron chi connectivity index (χ0n) is 13.8. The molecule has 0 radical (unpaired) electrons. The number of furan rings is 1. The lowest BCUT2D eigenvalue weighted by molar-refractivity contribution is -0.143. The second kappa shape index (κ2) is 8.47. The van der Waals surface area contributed by atoms with Crippen LogP contribution < -0.4 is 0 Å². The van der Waals surface area contributed by atoms with E-state index in [1.165, 1.54) is 7.11 Å². The molecule has 128 valence electrons. The normalized spacial score (nSPS) is 13.8. The molecule has 24 heavy (non-hydrogen) atoms. The Morgan fingerprint density at radius 3 is 2.67 bits per heavy atom. The van der Waals surface area contributed by atoms with Gasteiger partial charge in [0.05, 0.1) is 25.7 Å². The molecule has 0 aliphatic rings. The lowest BCUT2D eigenvalue weighted by Gasteiger charge is -2.11. The molecular weight excluding hydrogens is 308 g/mol. The summed E-state index contributed by atoms with van der Waals surface area (Å²) in [5.41, 5.74) is 1.96. The van der Waals surface area contributed by atoms with Gasteiger partial charge >= 0.3 is 5.97 Å². The van der Waals surface area contributed by atoms with E-state index in [9.17, 15) is 15.0 Å². The van der Waals surface area contributed by atoms with E-state index < -0.39 is 18.2 Å². The number of hydrogen-bond donors (Lipinski definition) is 2. The molecule has 0 amide bonds. The first-order valence-electron chi connectivity index (χ1n) is 7.76. The first-order valence-corrected chi connectivity index (χ1v) is 7.76. The van der Waals surface area contributed by atoms with Crippen molar-refractivity contribution in [3.63, 3.8) is 0 Å². The number of carbonyl (C=O) groups excluding carboxylic acids is 1. The predicted octanol–water partition coefficient (Wildman–Crippen LogP) is 2.94. The summed E-state index contributed by atoms with van der Waals surface area (Å²) in [6, 6.07) is 11.7. The Morgan fingerprint density at radius 2 is 2.00 bits per heavy atom. The van der Waals surface area contributed by atoms with E-state index in [0.29, 0.717) is 5.76 Å². The van der Waals surface area contributed by atoms with Crippen molar-refractivity contribution in [3.8, 4) is 11.1 Å². The Morgan fingerprint density at radius 1 is 1.29 bits per heavy atom. The standard InChI is InChI=1S/C19H22O5/c1-13-10-17(14-6-4-3-5-7-14)18(24-13)9-8-15(20)11-16(21)12-19(22)23-2/h3-10,15-16,20-21H,11-12H2,1-2H3/t15-,16+/m1/s1. The predicted molar refractivity (Wildman–Crippen MR) is 91.2 cm³/mol. The maximum Gasteiger partial charge on any atom is 0.308 e. The summed E-state index contributed by atoms with van der Waals surface area (Å²) >= 11 is 0. The van der Waals surface area contributed by atoms with Crippen LogP contribution in [0.25, 0.3) is 17.2 Å². The number of esters is 1. The first-order chi connectivity index (χ1) is 11.5. The minimum absolute atomic E-state index is 0.0476. The van der Waals surface area contributed by atoms with Crippen molar-refractivity contribution in [2.75, 3.05) is 7.11 Å². The van der Waals surface area contributed by atoms with Gasteiger partial charge in [-0.05, 0) is 24.6 Å². The largest absolute Gasteiger partial charge is 0.469 e. The van der Waals surface area contributed by atoms with Crippen LogP contribution in [0.2, 0.25) is 0 Å². The van der Waals surface area contributed by atoms with Crippen molar-refractivity contribution in [3.05, 3.63) is 54.0 Å². The van der Waals surface area contributed by atoms with Gasteiger partial charge in [-0.15, -0.1) is 0 Å². The summed E-state index contributed by atoms with van der Waals surface area (Å²) in [7, 11) is 1.26. The number of ether oxygens (including phenoxy) is 1. The van der Waals surface area contributed by atoms with Gasteiger partial charge in [0.1, 0.15) is 11.5 Å². The summed E-state index contributed by atoms with van der Waals surface area (Å²) in [5.74, 6) is 0.903. The molecule has 1 heterocycles. The van der Waals surface area contributed by atoms with E-state index in [0.717, 1.165) is 16.9 Å². The maximum atomic E-state index is 11.1. The smallest absolute Gasteiger partial charge is 0.308 e. The third kappa shape index (κ3) is 5.08. The maximum absolute atomic E-state index is 11.1. The summed E-state index contributed by atoms with van der Waals surface area (Å²) in [6.45, 7) is 1.86. The van der Waals surface area contributed by atoms with Gasteiger partial charge in [0.2, 0.25) is 0 Å². The Kier molecular flexibility index (Phi) is 6.35. The van der Waals surface area contributed by atoms with Crippen molar-refractivity contribution < 1.29 is 24.2 Å². The molecule has 0 saturated carbocycles. The highest BCUT2D eigenvalue weighted by Crippen LogP contribution is 2.28. The summed E-state index contributed by atoms with van der Waals surface area (Å²) < 4.78 is 10.2. The Hall–Kier alpha value is -2.37. The number of benzene rings is 1. The van der Waals surface area contributed by atoms with Crippen molar-refractivity contribution >= 4 is 12.0 Å². The second-order valence-corrected chi connectivity index (χ2v) is 5.60. The van der Waals surface area contributed by atoms with Crippen LogP contribution in [0, 0.1) is 6.92 Å².